The molecule has 4 nitrogen and oxygen atoms in total. The van der Waals surface area contributed by atoms with Crippen LogP contribution in [0.15, 0.2) is 30.5 Å². The summed E-state index contributed by atoms with van der Waals surface area (Å²) in [5.41, 5.74) is 1.03. The van der Waals surface area contributed by atoms with E-state index in [4.69, 9.17) is 4.98 Å². The molecular formula is C16H22N4. The topological polar surface area (TPSA) is 41.0 Å². The Morgan fingerprint density at radius 1 is 1.30 bits per heavy atom. The Labute approximate surface area is 120 Å². The molecular weight excluding hydrogens is 248 g/mol. The van der Waals surface area contributed by atoms with Crippen LogP contribution in [0.4, 0.5) is 5.95 Å². The van der Waals surface area contributed by atoms with E-state index in [1.807, 2.05) is 25.4 Å². The third-order valence-electron chi connectivity index (χ3n) is 4.31. The largest absolute Gasteiger partial charge is 0.336 e. The van der Waals surface area contributed by atoms with Gasteiger partial charge in [-0.15, -0.1) is 0 Å². The van der Waals surface area contributed by atoms with Crippen molar-refractivity contribution in [3.63, 3.8) is 0 Å². The summed E-state index contributed by atoms with van der Waals surface area (Å²) in [7, 11) is 2.03. The van der Waals surface area contributed by atoms with E-state index >= 15 is 0 Å². The molecule has 2 aromatic rings. The number of nitrogens with one attached hydrogen (secondary N) is 1. The number of aromatic nitrogens is 2. The average molecular weight is 270 g/mol. The number of para-hydroxylation sites is 1. The van der Waals surface area contributed by atoms with E-state index in [0.29, 0.717) is 12.1 Å². The maximum Gasteiger partial charge on any atom is 0.226 e. The van der Waals surface area contributed by atoms with E-state index in [1.54, 1.807) is 0 Å². The predicted molar refractivity (Wildman–Crippen MR) is 83.0 cm³/mol. The zero-order valence-electron chi connectivity index (χ0n) is 12.2. The van der Waals surface area contributed by atoms with Crippen LogP contribution in [0.2, 0.25) is 0 Å². The smallest absolute Gasteiger partial charge is 0.226 e. The zero-order chi connectivity index (χ0) is 13.9. The van der Waals surface area contributed by atoms with Crippen LogP contribution >= 0.6 is 0 Å². The summed E-state index contributed by atoms with van der Waals surface area (Å²) < 4.78 is 0. The van der Waals surface area contributed by atoms with Gasteiger partial charge in [-0.05, 0) is 39.3 Å². The molecule has 2 atom stereocenters. The summed E-state index contributed by atoms with van der Waals surface area (Å²) in [4.78, 5) is 11.7. The Morgan fingerprint density at radius 3 is 3.00 bits per heavy atom. The van der Waals surface area contributed by atoms with Gasteiger partial charge in [0.25, 0.3) is 0 Å². The fraction of sp³-hybridized carbons (Fsp3) is 0.500. The highest BCUT2D eigenvalue weighted by Gasteiger charge is 2.28. The quantitative estimate of drug-likeness (QED) is 0.931. The number of anilines is 1. The van der Waals surface area contributed by atoms with E-state index < -0.39 is 0 Å². The van der Waals surface area contributed by atoms with E-state index in [-0.39, 0.29) is 0 Å². The van der Waals surface area contributed by atoms with Gasteiger partial charge in [0.15, 0.2) is 0 Å². The Balaban J connectivity index is 1.94. The Morgan fingerprint density at radius 2 is 2.15 bits per heavy atom. The van der Waals surface area contributed by atoms with Gasteiger partial charge in [-0.3, -0.25) is 0 Å². The molecule has 20 heavy (non-hydrogen) atoms. The highest BCUT2D eigenvalue weighted by Crippen LogP contribution is 2.25. The monoisotopic (exact) mass is 270 g/mol. The molecule has 2 heterocycles. The summed E-state index contributed by atoms with van der Waals surface area (Å²) in [5.74, 6) is 0.871. The highest BCUT2D eigenvalue weighted by molar-refractivity contribution is 5.78. The molecule has 0 amide bonds. The van der Waals surface area contributed by atoms with Crippen molar-refractivity contribution in [3.8, 4) is 0 Å². The number of rotatable bonds is 3. The van der Waals surface area contributed by atoms with Gasteiger partial charge in [0.1, 0.15) is 0 Å². The van der Waals surface area contributed by atoms with Gasteiger partial charge < -0.3 is 10.2 Å². The van der Waals surface area contributed by atoms with Crippen molar-refractivity contribution >= 4 is 16.9 Å². The van der Waals surface area contributed by atoms with Crippen molar-refractivity contribution in [1.29, 1.82) is 0 Å². The Kier molecular flexibility index (Phi) is 3.83. The van der Waals surface area contributed by atoms with E-state index in [9.17, 15) is 0 Å². The molecule has 106 valence electrons. The Bertz CT molecular complexity index is 583. The van der Waals surface area contributed by atoms with Crippen LogP contribution in [-0.4, -0.2) is 35.6 Å². The fourth-order valence-electron chi connectivity index (χ4n) is 3.02. The molecule has 2 unspecified atom stereocenters. The van der Waals surface area contributed by atoms with Gasteiger partial charge in [0, 0.05) is 30.2 Å². The molecule has 4 heteroatoms. The van der Waals surface area contributed by atoms with Crippen molar-refractivity contribution < 1.29 is 0 Å². The van der Waals surface area contributed by atoms with Crippen LogP contribution in [0.25, 0.3) is 10.9 Å². The standard InChI is InChI=1S/C16H22N4/c1-12(17-2)15-9-5-6-10-20(15)16-18-11-13-7-3-4-8-14(13)19-16/h3-4,7-8,11-12,15,17H,5-6,9-10H2,1-2H3. The molecule has 1 fully saturated rings. The van der Waals surface area contributed by atoms with Crippen LogP contribution < -0.4 is 10.2 Å². The minimum Gasteiger partial charge on any atom is -0.336 e. The van der Waals surface area contributed by atoms with Crippen molar-refractivity contribution in [3.05, 3.63) is 30.5 Å². The van der Waals surface area contributed by atoms with Crippen molar-refractivity contribution in [2.75, 3.05) is 18.5 Å². The first-order chi connectivity index (χ1) is 9.79. The molecule has 1 aliphatic heterocycles. The van der Waals surface area contributed by atoms with Crippen LogP contribution in [-0.2, 0) is 0 Å². The molecule has 1 aliphatic rings. The van der Waals surface area contributed by atoms with Gasteiger partial charge in [0.2, 0.25) is 5.95 Å². The average Bonchev–Trinajstić information content (AvgIpc) is 2.53. The number of nitrogens with zero attached hydrogens (tertiary/aromatic N) is 3. The van der Waals surface area contributed by atoms with Crippen molar-refractivity contribution in [2.24, 2.45) is 0 Å². The summed E-state index contributed by atoms with van der Waals surface area (Å²) in [6.07, 6.45) is 5.66. The molecule has 1 aromatic heterocycles. The van der Waals surface area contributed by atoms with Gasteiger partial charge in [-0.1, -0.05) is 18.2 Å². The van der Waals surface area contributed by atoms with E-state index in [0.717, 1.165) is 23.4 Å². The van der Waals surface area contributed by atoms with Crippen LogP contribution in [0.3, 0.4) is 0 Å². The van der Waals surface area contributed by atoms with Crippen LogP contribution in [0, 0.1) is 0 Å². The second-order valence-corrected chi connectivity index (χ2v) is 5.56. The number of hydrogen-bond acceptors (Lipinski definition) is 4. The van der Waals surface area contributed by atoms with Crippen LogP contribution in [0.5, 0.6) is 0 Å². The molecule has 1 aromatic carbocycles. The normalized spacial score (nSPS) is 21.1. The lowest BCUT2D eigenvalue weighted by Gasteiger charge is -2.39. The molecule has 0 radical (unpaired) electrons. The molecule has 3 rings (SSSR count). The molecule has 1 N–H and O–H groups in total. The predicted octanol–water partition coefficient (Wildman–Crippen LogP) is 2.60. The third kappa shape index (κ3) is 2.48. The summed E-state index contributed by atoms with van der Waals surface area (Å²) in [6.45, 7) is 3.29. The number of fused-ring (bicyclic) bond motifs is 1. The maximum absolute atomic E-state index is 4.75. The maximum atomic E-state index is 4.75. The SMILES string of the molecule is CNC(C)C1CCCCN1c1ncc2ccccc2n1. The first-order valence-electron chi connectivity index (χ1n) is 7.45. The molecule has 0 bridgehead atoms. The lowest BCUT2D eigenvalue weighted by molar-refractivity contribution is 0.378. The number of piperidine rings is 1. The molecule has 0 saturated carbocycles. The molecule has 0 aliphatic carbocycles. The van der Waals surface area contributed by atoms with Gasteiger partial charge in [0.05, 0.1) is 5.52 Å². The molecule has 0 spiro atoms. The minimum atomic E-state index is 0.449. The second-order valence-electron chi connectivity index (χ2n) is 5.56. The zero-order valence-corrected chi connectivity index (χ0v) is 12.2. The van der Waals surface area contributed by atoms with Gasteiger partial charge in [-0.2, -0.15) is 0 Å². The molecule has 1 saturated heterocycles. The van der Waals surface area contributed by atoms with Crippen molar-refractivity contribution in [1.82, 2.24) is 15.3 Å². The van der Waals surface area contributed by atoms with Gasteiger partial charge in [-0.25, -0.2) is 9.97 Å². The summed E-state index contributed by atoms with van der Waals surface area (Å²) >= 11 is 0. The lowest BCUT2D eigenvalue weighted by Crippen LogP contribution is -2.51. The number of likely N-dealkylation sites (N-methyl/N-ethyl adjacent to an activating group) is 1. The highest BCUT2D eigenvalue weighted by atomic mass is 15.3. The first kappa shape index (κ1) is 13.3. The van der Waals surface area contributed by atoms with Crippen LogP contribution in [0.1, 0.15) is 26.2 Å². The fourth-order valence-corrected chi connectivity index (χ4v) is 3.02. The third-order valence-corrected chi connectivity index (χ3v) is 4.31. The number of benzene rings is 1. The number of hydrogen-bond donors (Lipinski definition) is 1. The van der Waals surface area contributed by atoms with Gasteiger partial charge >= 0.3 is 0 Å². The van der Waals surface area contributed by atoms with E-state index in [2.05, 4.69) is 34.3 Å². The summed E-state index contributed by atoms with van der Waals surface area (Å²) in [6, 6.07) is 9.10. The Hall–Kier alpha value is -1.68. The van der Waals surface area contributed by atoms with E-state index in [1.165, 1.54) is 19.3 Å². The lowest BCUT2D eigenvalue weighted by atomic mass is 9.97. The van der Waals surface area contributed by atoms with Crippen molar-refractivity contribution in [2.45, 2.75) is 38.3 Å². The summed E-state index contributed by atoms with van der Waals surface area (Å²) in [5, 5.41) is 4.48. The first-order valence-corrected chi connectivity index (χ1v) is 7.45. The second kappa shape index (κ2) is 5.75. The minimum absolute atomic E-state index is 0.449.